The van der Waals surface area contributed by atoms with Crippen LogP contribution in [0.25, 0.3) is 16.9 Å². The topological polar surface area (TPSA) is 9.23 Å². The molecule has 30 heavy (non-hydrogen) atoms. The summed E-state index contributed by atoms with van der Waals surface area (Å²) in [6.45, 7) is 3.90. The van der Waals surface area contributed by atoms with Crippen molar-refractivity contribution in [1.82, 2.24) is 0 Å². The molecule has 4 rings (SSSR count). The number of rotatable bonds is 2. The van der Waals surface area contributed by atoms with E-state index in [1.54, 1.807) is 30.3 Å². The highest BCUT2D eigenvalue weighted by molar-refractivity contribution is 6.32. The molecule has 0 saturated heterocycles. The molecule has 0 aromatic heterocycles. The van der Waals surface area contributed by atoms with Gasteiger partial charge in [0, 0.05) is 11.0 Å². The second-order valence-corrected chi connectivity index (χ2v) is 8.13. The zero-order chi connectivity index (χ0) is 21.7. The Labute approximate surface area is 176 Å². The number of ether oxygens (including phenoxy) is 1. The molecule has 3 aromatic carbocycles. The lowest BCUT2D eigenvalue weighted by Crippen LogP contribution is -2.21. The Bertz CT molecular complexity index is 1140. The van der Waals surface area contributed by atoms with Crippen LogP contribution in [-0.2, 0) is 11.6 Å². The van der Waals surface area contributed by atoms with Gasteiger partial charge in [-0.25, -0.2) is 4.39 Å². The van der Waals surface area contributed by atoms with Crippen LogP contribution in [0.15, 0.2) is 66.7 Å². The van der Waals surface area contributed by atoms with Crippen molar-refractivity contribution in [2.24, 2.45) is 0 Å². The van der Waals surface area contributed by atoms with Crippen molar-refractivity contribution in [2.75, 3.05) is 0 Å². The minimum atomic E-state index is -4.43. The Balaban J connectivity index is 1.80. The van der Waals surface area contributed by atoms with Gasteiger partial charge in [0.25, 0.3) is 0 Å². The van der Waals surface area contributed by atoms with Crippen LogP contribution in [0.2, 0.25) is 5.02 Å². The number of hydrogen-bond donors (Lipinski definition) is 0. The van der Waals surface area contributed by atoms with E-state index in [0.29, 0.717) is 16.9 Å². The van der Waals surface area contributed by atoms with Gasteiger partial charge >= 0.3 is 6.18 Å². The SMILES string of the molecule is CC1(C)C=C(c2c(F)cccc2Cl)Oc2cc(-c3cccc(C(F)(F)F)c3)ccc21. The summed E-state index contributed by atoms with van der Waals surface area (Å²) in [6, 6.07) is 14.7. The maximum Gasteiger partial charge on any atom is 0.416 e. The highest BCUT2D eigenvalue weighted by Gasteiger charge is 2.32. The van der Waals surface area contributed by atoms with Crippen LogP contribution in [0.5, 0.6) is 5.75 Å². The zero-order valence-corrected chi connectivity index (χ0v) is 16.9. The van der Waals surface area contributed by atoms with Gasteiger partial charge in [-0.05, 0) is 47.5 Å². The molecule has 0 amide bonds. The lowest BCUT2D eigenvalue weighted by atomic mass is 9.80. The highest BCUT2D eigenvalue weighted by atomic mass is 35.5. The van der Waals surface area contributed by atoms with Crippen LogP contribution in [0.4, 0.5) is 17.6 Å². The van der Waals surface area contributed by atoms with E-state index in [-0.39, 0.29) is 16.3 Å². The average Bonchev–Trinajstić information content (AvgIpc) is 2.66. The number of fused-ring (bicyclic) bond motifs is 1. The molecule has 154 valence electrons. The normalized spacial score (nSPS) is 15.2. The molecule has 1 aliphatic rings. The Morgan fingerprint density at radius 1 is 0.900 bits per heavy atom. The van der Waals surface area contributed by atoms with Gasteiger partial charge in [0.05, 0.1) is 16.1 Å². The monoisotopic (exact) mass is 432 g/mol. The highest BCUT2D eigenvalue weighted by Crippen LogP contribution is 2.44. The molecular weight excluding hydrogens is 416 g/mol. The second-order valence-electron chi connectivity index (χ2n) is 7.72. The molecule has 0 bridgehead atoms. The first-order chi connectivity index (χ1) is 14.1. The van der Waals surface area contributed by atoms with Gasteiger partial charge in [0.2, 0.25) is 0 Å². The summed E-state index contributed by atoms with van der Waals surface area (Å²) < 4.78 is 59.7. The minimum absolute atomic E-state index is 0.155. The molecule has 6 heteroatoms. The largest absolute Gasteiger partial charge is 0.457 e. The molecule has 0 aliphatic carbocycles. The number of hydrogen-bond acceptors (Lipinski definition) is 1. The van der Waals surface area contributed by atoms with Gasteiger partial charge in [-0.15, -0.1) is 0 Å². The van der Waals surface area contributed by atoms with Crippen molar-refractivity contribution in [3.63, 3.8) is 0 Å². The summed E-state index contributed by atoms with van der Waals surface area (Å²) in [5, 5.41) is 0.217. The molecule has 0 atom stereocenters. The van der Waals surface area contributed by atoms with Crippen molar-refractivity contribution in [3.8, 4) is 16.9 Å². The third-order valence-corrected chi connectivity index (χ3v) is 5.44. The Kier molecular flexibility index (Phi) is 4.89. The Hall–Kier alpha value is -2.79. The zero-order valence-electron chi connectivity index (χ0n) is 16.1. The second kappa shape index (κ2) is 7.17. The van der Waals surface area contributed by atoms with E-state index < -0.39 is 23.0 Å². The fraction of sp³-hybridized carbons (Fsp3) is 0.167. The van der Waals surface area contributed by atoms with Crippen LogP contribution in [-0.4, -0.2) is 0 Å². The first-order valence-corrected chi connectivity index (χ1v) is 9.61. The van der Waals surface area contributed by atoms with Gasteiger partial charge < -0.3 is 4.74 Å². The maximum atomic E-state index is 14.5. The van der Waals surface area contributed by atoms with E-state index in [4.69, 9.17) is 16.3 Å². The molecule has 0 unspecified atom stereocenters. The van der Waals surface area contributed by atoms with Gasteiger partial charge in [-0.2, -0.15) is 13.2 Å². The van der Waals surface area contributed by atoms with Crippen molar-refractivity contribution >= 4 is 17.4 Å². The van der Waals surface area contributed by atoms with E-state index in [1.807, 2.05) is 19.9 Å². The van der Waals surface area contributed by atoms with Gasteiger partial charge in [0.1, 0.15) is 17.3 Å². The molecule has 1 nitrogen and oxygen atoms in total. The predicted octanol–water partition coefficient (Wildman–Crippen LogP) is 7.88. The van der Waals surface area contributed by atoms with Crippen molar-refractivity contribution < 1.29 is 22.3 Å². The van der Waals surface area contributed by atoms with Crippen LogP contribution >= 0.6 is 11.6 Å². The summed E-state index contributed by atoms with van der Waals surface area (Å²) in [6.07, 6.45) is -2.64. The van der Waals surface area contributed by atoms with Crippen LogP contribution in [0.1, 0.15) is 30.5 Å². The molecule has 0 saturated carbocycles. The fourth-order valence-corrected chi connectivity index (χ4v) is 3.86. The lowest BCUT2D eigenvalue weighted by molar-refractivity contribution is -0.137. The van der Waals surface area contributed by atoms with Crippen LogP contribution in [0, 0.1) is 5.82 Å². The third-order valence-electron chi connectivity index (χ3n) is 5.12. The molecule has 0 N–H and O–H groups in total. The van der Waals surface area contributed by atoms with Crippen molar-refractivity contribution in [2.45, 2.75) is 25.4 Å². The van der Waals surface area contributed by atoms with Crippen molar-refractivity contribution in [3.05, 3.63) is 94.3 Å². The molecular formula is C24H17ClF4O. The van der Waals surface area contributed by atoms with Crippen molar-refractivity contribution in [1.29, 1.82) is 0 Å². The van der Waals surface area contributed by atoms with E-state index in [0.717, 1.165) is 17.7 Å². The lowest BCUT2D eigenvalue weighted by Gasteiger charge is -2.31. The Morgan fingerprint density at radius 2 is 1.60 bits per heavy atom. The van der Waals surface area contributed by atoms with E-state index in [2.05, 4.69) is 0 Å². The summed E-state index contributed by atoms with van der Waals surface area (Å²) in [5.74, 6) is 0.213. The fourth-order valence-electron chi connectivity index (χ4n) is 3.60. The first kappa shape index (κ1) is 20.5. The predicted molar refractivity (Wildman–Crippen MR) is 110 cm³/mol. The van der Waals surface area contributed by atoms with Crippen LogP contribution in [0.3, 0.4) is 0 Å². The van der Waals surface area contributed by atoms with E-state index in [9.17, 15) is 17.6 Å². The van der Waals surface area contributed by atoms with Gasteiger partial charge in [-0.1, -0.05) is 55.8 Å². The summed E-state index contributed by atoms with van der Waals surface area (Å²) in [4.78, 5) is 0. The first-order valence-electron chi connectivity index (χ1n) is 9.23. The number of halogens is 5. The smallest absolute Gasteiger partial charge is 0.416 e. The molecule has 1 heterocycles. The van der Waals surface area contributed by atoms with E-state index >= 15 is 0 Å². The number of allylic oxidation sites excluding steroid dienone is 1. The minimum Gasteiger partial charge on any atom is -0.457 e. The number of alkyl halides is 3. The Morgan fingerprint density at radius 3 is 2.30 bits per heavy atom. The molecule has 0 spiro atoms. The third kappa shape index (κ3) is 3.70. The van der Waals surface area contributed by atoms with Gasteiger partial charge in [-0.3, -0.25) is 0 Å². The molecule has 0 radical (unpaired) electrons. The molecule has 1 aliphatic heterocycles. The summed E-state index contributed by atoms with van der Waals surface area (Å²) >= 11 is 6.20. The average molecular weight is 433 g/mol. The quantitative estimate of drug-likeness (QED) is 0.374. The number of benzene rings is 3. The standard InChI is InChI=1S/C24H17ClF4O/c1-23(2)13-21(22-18(25)7-4-8-19(22)26)30-20-12-15(9-10-17(20)23)14-5-3-6-16(11-14)24(27,28)29/h3-13H,1-2H3. The van der Waals surface area contributed by atoms with Crippen LogP contribution < -0.4 is 4.74 Å². The summed E-state index contributed by atoms with van der Waals surface area (Å²) in [7, 11) is 0. The molecule has 0 fully saturated rings. The van der Waals surface area contributed by atoms with E-state index in [1.165, 1.54) is 18.2 Å². The summed E-state index contributed by atoms with van der Waals surface area (Å²) in [5.41, 5.74) is 0.751. The van der Waals surface area contributed by atoms with Gasteiger partial charge in [0.15, 0.2) is 0 Å². The molecule has 3 aromatic rings. The maximum absolute atomic E-state index is 14.5.